The van der Waals surface area contributed by atoms with Gasteiger partial charge in [0.05, 0.1) is 16.8 Å². The molecule has 23 heavy (non-hydrogen) atoms. The molecule has 122 valence electrons. The zero-order valence-corrected chi connectivity index (χ0v) is 13.5. The first kappa shape index (κ1) is 15.5. The summed E-state index contributed by atoms with van der Waals surface area (Å²) in [4.78, 5) is 10.5. The number of rotatable bonds is 4. The Kier molecular flexibility index (Phi) is 3.59. The molecule has 0 N–H and O–H groups in total. The Hall–Kier alpha value is -2.42. The number of sulfonamides is 1. The van der Waals surface area contributed by atoms with Gasteiger partial charge in [0.1, 0.15) is 4.90 Å². The standard InChI is InChI=1S/C14H16N4O4S/c1-3-16-9-13(8-15-16)23(21,22)17-10(2)6-11-7-12(18(19)20)4-5-14(11)17/h4-5,7-10H,3,6H2,1-2H3. The van der Waals surface area contributed by atoms with Crippen molar-refractivity contribution in [3.8, 4) is 0 Å². The summed E-state index contributed by atoms with van der Waals surface area (Å²) in [6, 6.07) is 3.96. The third-order valence-corrected chi connectivity index (χ3v) is 5.80. The van der Waals surface area contributed by atoms with Crippen LogP contribution in [0.1, 0.15) is 19.4 Å². The quantitative estimate of drug-likeness (QED) is 0.628. The topological polar surface area (TPSA) is 98.3 Å². The fraction of sp³-hybridized carbons (Fsp3) is 0.357. The largest absolute Gasteiger partial charge is 0.272 e. The number of benzene rings is 1. The fourth-order valence-electron chi connectivity index (χ4n) is 2.83. The smallest absolute Gasteiger partial charge is 0.269 e. The molecule has 0 radical (unpaired) electrons. The Balaban J connectivity index is 2.06. The Morgan fingerprint density at radius 3 is 2.78 bits per heavy atom. The molecule has 0 fully saturated rings. The maximum absolute atomic E-state index is 12.9. The number of anilines is 1. The number of aryl methyl sites for hydroxylation is 1. The summed E-state index contributed by atoms with van der Waals surface area (Å²) in [6.45, 7) is 4.23. The number of nitrogens with zero attached hydrogens (tertiary/aromatic N) is 4. The number of fused-ring (bicyclic) bond motifs is 1. The molecule has 0 saturated heterocycles. The molecule has 3 rings (SSSR count). The maximum atomic E-state index is 12.9. The second-order valence-corrected chi connectivity index (χ2v) is 7.27. The van der Waals surface area contributed by atoms with Gasteiger partial charge in [-0.05, 0) is 31.9 Å². The summed E-state index contributed by atoms with van der Waals surface area (Å²) in [5, 5.41) is 14.9. The average molecular weight is 336 g/mol. The highest BCUT2D eigenvalue weighted by molar-refractivity contribution is 7.92. The van der Waals surface area contributed by atoms with E-state index >= 15 is 0 Å². The van der Waals surface area contributed by atoms with Crippen LogP contribution >= 0.6 is 0 Å². The van der Waals surface area contributed by atoms with E-state index in [1.807, 2.05) is 6.92 Å². The van der Waals surface area contributed by atoms with E-state index in [1.165, 1.54) is 34.9 Å². The highest BCUT2D eigenvalue weighted by Crippen LogP contribution is 2.38. The van der Waals surface area contributed by atoms with Gasteiger partial charge in [-0.2, -0.15) is 5.10 Å². The van der Waals surface area contributed by atoms with Crippen molar-refractivity contribution in [3.05, 3.63) is 46.3 Å². The molecular formula is C14H16N4O4S. The lowest BCUT2D eigenvalue weighted by Gasteiger charge is -2.23. The molecule has 8 nitrogen and oxygen atoms in total. The number of nitro benzene ring substituents is 1. The summed E-state index contributed by atoms with van der Waals surface area (Å²) < 4.78 is 28.7. The van der Waals surface area contributed by atoms with Crippen LogP contribution in [0.15, 0.2) is 35.5 Å². The predicted octanol–water partition coefficient (Wildman–Crippen LogP) is 1.95. The van der Waals surface area contributed by atoms with Crippen LogP contribution in [0.25, 0.3) is 0 Å². The monoisotopic (exact) mass is 336 g/mol. The zero-order chi connectivity index (χ0) is 16.8. The van der Waals surface area contributed by atoms with Crippen molar-refractivity contribution in [2.24, 2.45) is 0 Å². The van der Waals surface area contributed by atoms with Crippen molar-refractivity contribution in [1.82, 2.24) is 9.78 Å². The van der Waals surface area contributed by atoms with Crippen molar-refractivity contribution in [1.29, 1.82) is 0 Å². The molecule has 1 unspecified atom stereocenters. The first-order chi connectivity index (χ1) is 10.8. The second-order valence-electron chi connectivity index (χ2n) is 5.46. The molecular weight excluding hydrogens is 320 g/mol. The molecule has 0 aliphatic carbocycles. The van der Waals surface area contributed by atoms with E-state index in [-0.39, 0.29) is 16.6 Å². The van der Waals surface area contributed by atoms with Gasteiger partial charge in [-0.3, -0.25) is 19.1 Å². The minimum atomic E-state index is -3.74. The molecule has 9 heteroatoms. The number of non-ortho nitro benzene ring substituents is 1. The average Bonchev–Trinajstić information content (AvgIpc) is 3.09. The summed E-state index contributed by atoms with van der Waals surface area (Å²) in [5.74, 6) is 0. The van der Waals surface area contributed by atoms with E-state index in [0.29, 0.717) is 24.2 Å². The van der Waals surface area contributed by atoms with Crippen molar-refractivity contribution in [2.75, 3.05) is 4.31 Å². The third kappa shape index (κ3) is 2.46. The van der Waals surface area contributed by atoms with Gasteiger partial charge >= 0.3 is 0 Å². The lowest BCUT2D eigenvalue weighted by Crippen LogP contribution is -2.35. The highest BCUT2D eigenvalue weighted by atomic mass is 32.2. The van der Waals surface area contributed by atoms with E-state index < -0.39 is 14.9 Å². The fourth-order valence-corrected chi connectivity index (χ4v) is 4.48. The maximum Gasteiger partial charge on any atom is 0.269 e. The van der Waals surface area contributed by atoms with Crippen LogP contribution in [0.5, 0.6) is 0 Å². The van der Waals surface area contributed by atoms with Crippen LogP contribution in [0, 0.1) is 10.1 Å². The van der Waals surface area contributed by atoms with Crippen LogP contribution in [0.2, 0.25) is 0 Å². The predicted molar refractivity (Wildman–Crippen MR) is 83.8 cm³/mol. The van der Waals surface area contributed by atoms with Crippen molar-refractivity contribution < 1.29 is 13.3 Å². The summed E-state index contributed by atoms with van der Waals surface area (Å²) in [7, 11) is -3.74. The molecule has 2 heterocycles. The molecule has 1 aromatic heterocycles. The summed E-state index contributed by atoms with van der Waals surface area (Å²) in [5.41, 5.74) is 1.12. The Morgan fingerprint density at radius 2 is 2.17 bits per heavy atom. The van der Waals surface area contributed by atoms with E-state index in [1.54, 1.807) is 11.6 Å². The molecule has 1 aliphatic heterocycles. The highest BCUT2D eigenvalue weighted by Gasteiger charge is 2.37. The molecule has 2 aromatic rings. The number of nitro groups is 1. The normalized spacial score (nSPS) is 17.3. The van der Waals surface area contributed by atoms with E-state index in [2.05, 4.69) is 5.10 Å². The van der Waals surface area contributed by atoms with Gasteiger partial charge in [0.2, 0.25) is 0 Å². The van der Waals surface area contributed by atoms with E-state index in [0.717, 1.165) is 0 Å². The van der Waals surface area contributed by atoms with Gasteiger partial charge in [0.15, 0.2) is 0 Å². The van der Waals surface area contributed by atoms with Crippen molar-refractivity contribution in [3.63, 3.8) is 0 Å². The third-order valence-electron chi connectivity index (χ3n) is 3.92. The summed E-state index contributed by atoms with van der Waals surface area (Å²) in [6.07, 6.45) is 3.26. The van der Waals surface area contributed by atoms with Crippen LogP contribution in [0.3, 0.4) is 0 Å². The van der Waals surface area contributed by atoms with Gasteiger partial charge in [0, 0.05) is 30.9 Å². The number of aromatic nitrogens is 2. The van der Waals surface area contributed by atoms with E-state index in [9.17, 15) is 18.5 Å². The molecule has 0 bridgehead atoms. The minimum absolute atomic E-state index is 0.0333. The lowest BCUT2D eigenvalue weighted by molar-refractivity contribution is -0.384. The SMILES string of the molecule is CCn1cc(S(=O)(=O)N2c3ccc([N+](=O)[O-])cc3CC2C)cn1. The number of hydrogen-bond acceptors (Lipinski definition) is 5. The minimum Gasteiger partial charge on any atom is -0.272 e. The number of hydrogen-bond donors (Lipinski definition) is 0. The van der Waals surface area contributed by atoms with Crippen LogP contribution in [0.4, 0.5) is 11.4 Å². The van der Waals surface area contributed by atoms with Gasteiger partial charge < -0.3 is 0 Å². The molecule has 0 amide bonds. The lowest BCUT2D eigenvalue weighted by atomic mass is 10.1. The van der Waals surface area contributed by atoms with Crippen molar-refractivity contribution in [2.45, 2.75) is 37.8 Å². The van der Waals surface area contributed by atoms with Crippen LogP contribution in [-0.4, -0.2) is 29.2 Å². The Bertz CT molecular complexity index is 875. The Labute approximate surface area is 133 Å². The first-order valence-corrected chi connectivity index (χ1v) is 8.62. The first-order valence-electron chi connectivity index (χ1n) is 7.18. The van der Waals surface area contributed by atoms with Gasteiger partial charge in [0.25, 0.3) is 15.7 Å². The Morgan fingerprint density at radius 1 is 1.43 bits per heavy atom. The molecule has 1 atom stereocenters. The summed E-state index contributed by atoms with van der Waals surface area (Å²) >= 11 is 0. The molecule has 0 spiro atoms. The zero-order valence-electron chi connectivity index (χ0n) is 12.7. The second kappa shape index (κ2) is 5.34. The molecule has 1 aromatic carbocycles. The van der Waals surface area contributed by atoms with Crippen molar-refractivity contribution >= 4 is 21.4 Å². The molecule has 0 saturated carbocycles. The van der Waals surface area contributed by atoms with Gasteiger partial charge in [-0.15, -0.1) is 0 Å². The van der Waals surface area contributed by atoms with Crippen LogP contribution in [-0.2, 0) is 23.0 Å². The molecule has 1 aliphatic rings. The van der Waals surface area contributed by atoms with Crippen LogP contribution < -0.4 is 4.31 Å². The van der Waals surface area contributed by atoms with Gasteiger partial charge in [-0.1, -0.05) is 0 Å². The van der Waals surface area contributed by atoms with Gasteiger partial charge in [-0.25, -0.2) is 8.42 Å². The van der Waals surface area contributed by atoms with E-state index in [4.69, 9.17) is 0 Å².